The molecule has 1 N–H and O–H groups in total. The van der Waals surface area contributed by atoms with Gasteiger partial charge in [0.25, 0.3) is 5.91 Å². The number of benzene rings is 2. The summed E-state index contributed by atoms with van der Waals surface area (Å²) in [6.07, 6.45) is 1.29. The lowest BCUT2D eigenvalue weighted by Crippen LogP contribution is -2.47. The number of carbonyl (C=O) groups is 1. The van der Waals surface area contributed by atoms with E-state index in [1.54, 1.807) is 7.05 Å². The Bertz CT molecular complexity index is 920. The molecule has 2 aromatic carbocycles. The minimum absolute atomic E-state index is 0.115. The van der Waals surface area contributed by atoms with Gasteiger partial charge in [0.05, 0.1) is 17.7 Å². The number of para-hydroxylation sites is 3. The van der Waals surface area contributed by atoms with Crippen LogP contribution >= 0.6 is 0 Å². The molecule has 1 aliphatic rings. The number of fused-ring (bicyclic) bond motifs is 2. The molecule has 5 nitrogen and oxygen atoms in total. The van der Waals surface area contributed by atoms with Gasteiger partial charge >= 0.3 is 0 Å². The van der Waals surface area contributed by atoms with E-state index < -0.39 is 6.10 Å². The van der Waals surface area contributed by atoms with Gasteiger partial charge in [0, 0.05) is 25.2 Å². The second kappa shape index (κ2) is 6.43. The highest BCUT2D eigenvalue weighted by molar-refractivity contribution is 5.84. The van der Waals surface area contributed by atoms with Crippen molar-refractivity contribution in [1.82, 2.24) is 10.3 Å². The van der Waals surface area contributed by atoms with Crippen LogP contribution in [0, 0.1) is 0 Å². The van der Waals surface area contributed by atoms with E-state index >= 15 is 0 Å². The molecule has 126 valence electrons. The number of likely N-dealkylation sites (N-methyl/N-ethyl adjacent to an activating group) is 1. The molecule has 1 atom stereocenters. The van der Waals surface area contributed by atoms with E-state index in [0.717, 1.165) is 27.9 Å². The van der Waals surface area contributed by atoms with Gasteiger partial charge in [0.2, 0.25) is 0 Å². The van der Waals surface area contributed by atoms with Crippen molar-refractivity contribution in [2.75, 3.05) is 18.5 Å². The first-order valence-corrected chi connectivity index (χ1v) is 8.31. The van der Waals surface area contributed by atoms with E-state index in [1.165, 1.54) is 0 Å². The molecule has 0 radical (unpaired) electrons. The minimum atomic E-state index is -0.525. The van der Waals surface area contributed by atoms with Crippen LogP contribution in [0.1, 0.15) is 5.56 Å². The number of anilines is 1. The Kier molecular flexibility index (Phi) is 3.98. The van der Waals surface area contributed by atoms with Crippen LogP contribution in [0.4, 0.5) is 5.69 Å². The molecule has 1 unspecified atom stereocenters. The number of nitrogens with one attached hydrogen (secondary N) is 1. The summed E-state index contributed by atoms with van der Waals surface area (Å²) in [5, 5.41) is 3.79. The highest BCUT2D eigenvalue weighted by Crippen LogP contribution is 2.34. The number of hydrogen-bond donors (Lipinski definition) is 1. The number of pyridine rings is 1. The van der Waals surface area contributed by atoms with Crippen molar-refractivity contribution in [3.8, 4) is 5.75 Å². The molecule has 25 heavy (non-hydrogen) atoms. The topological polar surface area (TPSA) is 54.5 Å². The Labute approximate surface area is 146 Å². The van der Waals surface area contributed by atoms with Crippen LogP contribution < -0.4 is 15.0 Å². The molecule has 3 aromatic rings. The monoisotopic (exact) mass is 333 g/mol. The van der Waals surface area contributed by atoms with Gasteiger partial charge in [-0.3, -0.25) is 9.78 Å². The van der Waals surface area contributed by atoms with Crippen molar-refractivity contribution in [2.45, 2.75) is 12.6 Å². The lowest BCUT2D eigenvalue weighted by atomic mass is 10.1. The maximum absolute atomic E-state index is 12.1. The quantitative estimate of drug-likeness (QED) is 0.801. The highest BCUT2D eigenvalue weighted by Gasteiger charge is 2.30. The first kappa shape index (κ1) is 15.4. The van der Waals surface area contributed by atoms with Gasteiger partial charge in [-0.1, -0.05) is 36.4 Å². The molecule has 0 fully saturated rings. The standard InChI is InChI=1S/C20H19N3O2/c1-21-20(24)18-13-23(16-9-2-3-10-17(16)25-18)12-15-7-4-6-14-8-5-11-22-19(14)15/h2-11,18H,12-13H2,1H3,(H,21,24). The summed E-state index contributed by atoms with van der Waals surface area (Å²) in [4.78, 5) is 18.8. The van der Waals surface area contributed by atoms with Crippen LogP contribution in [0.25, 0.3) is 10.9 Å². The van der Waals surface area contributed by atoms with Gasteiger partial charge in [-0.05, 0) is 23.8 Å². The third-order valence-electron chi connectivity index (χ3n) is 4.48. The first-order valence-electron chi connectivity index (χ1n) is 8.31. The van der Waals surface area contributed by atoms with Crippen molar-refractivity contribution in [1.29, 1.82) is 0 Å². The Morgan fingerprint density at radius 2 is 2.04 bits per heavy atom. The van der Waals surface area contributed by atoms with Gasteiger partial charge in [-0.25, -0.2) is 0 Å². The molecule has 4 rings (SSSR count). The summed E-state index contributed by atoms with van der Waals surface area (Å²) in [5.74, 6) is 0.617. The van der Waals surface area contributed by atoms with Crippen molar-refractivity contribution >= 4 is 22.5 Å². The number of carbonyl (C=O) groups excluding carboxylic acids is 1. The number of rotatable bonds is 3. The Hall–Kier alpha value is -3.08. The van der Waals surface area contributed by atoms with Crippen molar-refractivity contribution in [3.05, 3.63) is 66.4 Å². The van der Waals surface area contributed by atoms with Gasteiger partial charge in [-0.2, -0.15) is 0 Å². The Morgan fingerprint density at radius 3 is 2.92 bits per heavy atom. The number of ether oxygens (including phenoxy) is 1. The molecule has 0 saturated heterocycles. The van der Waals surface area contributed by atoms with Crippen molar-refractivity contribution < 1.29 is 9.53 Å². The third-order valence-corrected chi connectivity index (χ3v) is 4.48. The second-order valence-corrected chi connectivity index (χ2v) is 6.06. The predicted octanol–water partition coefficient (Wildman–Crippen LogP) is 2.75. The van der Waals surface area contributed by atoms with Gasteiger partial charge < -0.3 is 15.0 Å². The van der Waals surface area contributed by atoms with Crippen LogP contribution in [0.15, 0.2) is 60.8 Å². The number of amides is 1. The molecule has 0 saturated carbocycles. The molecular formula is C20H19N3O2. The summed E-state index contributed by atoms with van der Waals surface area (Å²) in [7, 11) is 1.63. The number of nitrogens with zero attached hydrogens (tertiary/aromatic N) is 2. The summed E-state index contributed by atoms with van der Waals surface area (Å²) in [6, 6.07) is 18.0. The van der Waals surface area contributed by atoms with Crippen LogP contribution in [-0.4, -0.2) is 30.6 Å². The summed E-state index contributed by atoms with van der Waals surface area (Å²) in [5.41, 5.74) is 3.12. The zero-order chi connectivity index (χ0) is 17.2. The van der Waals surface area contributed by atoms with Crippen LogP contribution in [0.5, 0.6) is 5.75 Å². The van der Waals surface area contributed by atoms with Crippen LogP contribution in [-0.2, 0) is 11.3 Å². The van der Waals surface area contributed by atoms with Gasteiger partial charge in [-0.15, -0.1) is 0 Å². The van der Waals surface area contributed by atoms with Crippen LogP contribution in [0.2, 0.25) is 0 Å². The average Bonchev–Trinajstić information content (AvgIpc) is 2.67. The second-order valence-electron chi connectivity index (χ2n) is 6.06. The van der Waals surface area contributed by atoms with Crippen molar-refractivity contribution in [3.63, 3.8) is 0 Å². The Morgan fingerprint density at radius 1 is 1.20 bits per heavy atom. The first-order chi connectivity index (χ1) is 12.3. The fourth-order valence-electron chi connectivity index (χ4n) is 3.25. The summed E-state index contributed by atoms with van der Waals surface area (Å²) in [6.45, 7) is 1.17. The fraction of sp³-hybridized carbons (Fsp3) is 0.200. The van der Waals surface area contributed by atoms with Gasteiger partial charge in [0.15, 0.2) is 6.10 Å². The largest absolute Gasteiger partial charge is 0.477 e. The smallest absolute Gasteiger partial charge is 0.262 e. The molecule has 0 spiro atoms. The molecule has 0 aliphatic carbocycles. The molecular weight excluding hydrogens is 314 g/mol. The van der Waals surface area contributed by atoms with Crippen LogP contribution in [0.3, 0.4) is 0 Å². The predicted molar refractivity (Wildman–Crippen MR) is 97.7 cm³/mol. The number of aromatic nitrogens is 1. The maximum atomic E-state index is 12.1. The lowest BCUT2D eigenvalue weighted by Gasteiger charge is -2.35. The average molecular weight is 333 g/mol. The molecule has 1 aliphatic heterocycles. The van der Waals surface area contributed by atoms with E-state index in [4.69, 9.17) is 4.74 Å². The van der Waals surface area contributed by atoms with E-state index in [2.05, 4.69) is 33.4 Å². The molecule has 1 aromatic heterocycles. The Balaban J connectivity index is 1.72. The SMILES string of the molecule is CNC(=O)C1CN(Cc2cccc3cccnc23)c2ccccc2O1. The van der Waals surface area contributed by atoms with Gasteiger partial charge in [0.1, 0.15) is 5.75 Å². The molecule has 1 amide bonds. The van der Waals surface area contributed by atoms with E-state index in [1.807, 2.05) is 42.6 Å². The fourth-order valence-corrected chi connectivity index (χ4v) is 3.25. The zero-order valence-electron chi connectivity index (χ0n) is 14.0. The maximum Gasteiger partial charge on any atom is 0.262 e. The third kappa shape index (κ3) is 2.89. The molecule has 0 bridgehead atoms. The number of hydrogen-bond acceptors (Lipinski definition) is 4. The normalized spacial score (nSPS) is 16.2. The minimum Gasteiger partial charge on any atom is -0.477 e. The zero-order valence-corrected chi connectivity index (χ0v) is 14.0. The lowest BCUT2D eigenvalue weighted by molar-refractivity contribution is -0.127. The summed E-state index contributed by atoms with van der Waals surface area (Å²) < 4.78 is 5.87. The van der Waals surface area contributed by atoms with E-state index in [9.17, 15) is 4.79 Å². The van der Waals surface area contributed by atoms with E-state index in [-0.39, 0.29) is 5.91 Å². The van der Waals surface area contributed by atoms with E-state index in [0.29, 0.717) is 13.1 Å². The van der Waals surface area contributed by atoms with Crippen molar-refractivity contribution in [2.24, 2.45) is 0 Å². The molecule has 5 heteroatoms. The summed E-state index contributed by atoms with van der Waals surface area (Å²) >= 11 is 0. The highest BCUT2D eigenvalue weighted by atomic mass is 16.5. The molecule has 2 heterocycles.